The third-order valence-electron chi connectivity index (χ3n) is 5.98. The zero-order chi connectivity index (χ0) is 20.2. The van der Waals surface area contributed by atoms with E-state index < -0.39 is 0 Å². The monoisotopic (exact) mass is 396 g/mol. The van der Waals surface area contributed by atoms with Crippen LogP contribution in [0.5, 0.6) is 11.5 Å². The van der Waals surface area contributed by atoms with Crippen molar-refractivity contribution in [2.24, 2.45) is 5.92 Å². The second-order valence-corrected chi connectivity index (χ2v) is 8.13. The Balaban J connectivity index is 1.30. The lowest BCUT2D eigenvalue weighted by Gasteiger charge is -2.35. The van der Waals surface area contributed by atoms with Gasteiger partial charge >= 0.3 is 0 Å². The highest BCUT2D eigenvalue weighted by Gasteiger charge is 2.24. The molecule has 1 aromatic rings. The van der Waals surface area contributed by atoms with Gasteiger partial charge in [-0.25, -0.2) is 0 Å². The Bertz CT molecular complexity index is 816. The molecule has 0 bridgehead atoms. The molecule has 0 unspecified atom stereocenters. The molecule has 0 aromatic heterocycles. The van der Waals surface area contributed by atoms with Crippen molar-refractivity contribution < 1.29 is 14.3 Å². The molecule has 4 rings (SSSR count). The predicted octanol–water partition coefficient (Wildman–Crippen LogP) is 2.20. The number of ether oxygens (including phenoxy) is 2. The van der Waals surface area contributed by atoms with Crippen molar-refractivity contribution in [3.05, 3.63) is 35.5 Å². The molecule has 3 aliphatic rings. The fourth-order valence-electron chi connectivity index (χ4n) is 4.04. The highest BCUT2D eigenvalue weighted by atomic mass is 16.7. The van der Waals surface area contributed by atoms with Crippen molar-refractivity contribution in [2.45, 2.75) is 26.3 Å². The maximum Gasteiger partial charge on any atom is 0.266 e. The molecule has 0 radical (unpaired) electrons. The Kier molecular flexibility index (Phi) is 5.91. The highest BCUT2D eigenvalue weighted by molar-refractivity contribution is 5.97. The largest absolute Gasteiger partial charge is 0.454 e. The zero-order valence-electron chi connectivity index (χ0n) is 17.0. The van der Waals surface area contributed by atoms with E-state index in [1.165, 1.54) is 5.56 Å². The minimum Gasteiger partial charge on any atom is -0.454 e. The van der Waals surface area contributed by atoms with Gasteiger partial charge in [0.1, 0.15) is 11.6 Å². The van der Waals surface area contributed by atoms with Crippen molar-refractivity contribution >= 4 is 5.91 Å². The fraction of sp³-hybridized carbons (Fsp3) is 0.545. The summed E-state index contributed by atoms with van der Waals surface area (Å²) in [5, 5.41) is 9.51. The van der Waals surface area contributed by atoms with Gasteiger partial charge in [0.25, 0.3) is 5.91 Å². The fourth-order valence-corrected chi connectivity index (χ4v) is 4.04. The summed E-state index contributed by atoms with van der Waals surface area (Å²) in [6, 6.07) is 8.20. The van der Waals surface area contributed by atoms with Gasteiger partial charge in [0, 0.05) is 52.0 Å². The lowest BCUT2D eigenvalue weighted by Crippen LogP contribution is -2.44. The number of likely N-dealkylation sites (tertiary alicyclic amines) is 1. The minimum atomic E-state index is -0.123. The average Bonchev–Trinajstić information content (AvgIpc) is 3.21. The molecule has 1 aromatic carbocycles. The topological polar surface area (TPSA) is 69.0 Å². The van der Waals surface area contributed by atoms with E-state index in [0.29, 0.717) is 12.7 Å². The summed E-state index contributed by atoms with van der Waals surface area (Å²) >= 11 is 0. The molecule has 7 nitrogen and oxygen atoms in total. The number of piperazine rings is 1. The van der Waals surface area contributed by atoms with E-state index in [2.05, 4.69) is 28.9 Å². The van der Waals surface area contributed by atoms with Gasteiger partial charge in [-0.3, -0.25) is 9.69 Å². The molecule has 3 heterocycles. The quantitative estimate of drug-likeness (QED) is 0.574. The van der Waals surface area contributed by atoms with Crippen molar-refractivity contribution in [3.63, 3.8) is 0 Å². The number of nitriles is 1. The number of carbonyl (C=O) groups is 1. The second-order valence-electron chi connectivity index (χ2n) is 8.13. The summed E-state index contributed by atoms with van der Waals surface area (Å²) in [5.74, 6) is 2.16. The van der Waals surface area contributed by atoms with Crippen LogP contribution in [0.25, 0.3) is 0 Å². The Labute approximate surface area is 172 Å². The molecular formula is C22H28N4O3. The van der Waals surface area contributed by atoms with E-state index in [0.717, 1.165) is 70.2 Å². The minimum absolute atomic E-state index is 0.123. The van der Waals surface area contributed by atoms with Crippen LogP contribution in [0.2, 0.25) is 0 Å². The van der Waals surface area contributed by atoms with Gasteiger partial charge in [-0.05, 0) is 36.5 Å². The summed E-state index contributed by atoms with van der Waals surface area (Å²) in [4.78, 5) is 19.0. The van der Waals surface area contributed by atoms with Crippen LogP contribution in [-0.2, 0) is 11.3 Å². The van der Waals surface area contributed by atoms with Crippen molar-refractivity contribution in [1.82, 2.24) is 14.7 Å². The number of fused-ring (bicyclic) bond motifs is 1. The normalized spacial score (nSPS) is 20.6. The molecule has 0 spiro atoms. The summed E-state index contributed by atoms with van der Waals surface area (Å²) < 4.78 is 10.8. The molecule has 29 heavy (non-hydrogen) atoms. The van der Waals surface area contributed by atoms with E-state index >= 15 is 0 Å². The summed E-state index contributed by atoms with van der Waals surface area (Å²) in [6.07, 6.45) is 3.80. The number of nitrogens with zero attached hydrogens (tertiary/aromatic N) is 4. The van der Waals surface area contributed by atoms with Gasteiger partial charge in [-0.2, -0.15) is 5.26 Å². The van der Waals surface area contributed by atoms with Crippen molar-refractivity contribution in [2.75, 3.05) is 46.1 Å². The number of hydrogen-bond acceptors (Lipinski definition) is 6. The second kappa shape index (κ2) is 8.75. The number of hydrogen-bond donors (Lipinski definition) is 0. The molecular weight excluding hydrogens is 368 g/mol. The first-order valence-corrected chi connectivity index (χ1v) is 10.4. The van der Waals surface area contributed by atoms with Crippen molar-refractivity contribution in [1.29, 1.82) is 5.26 Å². The van der Waals surface area contributed by atoms with Gasteiger partial charge in [-0.1, -0.05) is 13.0 Å². The van der Waals surface area contributed by atoms with E-state index in [1.54, 1.807) is 6.20 Å². The van der Waals surface area contributed by atoms with Crippen LogP contribution < -0.4 is 9.47 Å². The Morgan fingerprint density at radius 2 is 1.86 bits per heavy atom. The summed E-state index contributed by atoms with van der Waals surface area (Å²) in [5.41, 5.74) is 1.45. The van der Waals surface area contributed by atoms with E-state index in [1.807, 2.05) is 17.0 Å². The summed E-state index contributed by atoms with van der Waals surface area (Å²) in [7, 11) is 0. The molecule has 154 valence electrons. The third kappa shape index (κ3) is 4.65. The van der Waals surface area contributed by atoms with Crippen LogP contribution in [0, 0.1) is 17.2 Å². The van der Waals surface area contributed by atoms with Gasteiger partial charge in [0.05, 0.1) is 0 Å². The van der Waals surface area contributed by atoms with E-state index in [9.17, 15) is 10.1 Å². The van der Waals surface area contributed by atoms with Crippen LogP contribution >= 0.6 is 0 Å². The molecule has 0 N–H and O–H groups in total. The standard InChI is InChI=1S/C22H28N4O3/c1-17-4-6-26(7-5-17)22(27)19(13-23)15-25-10-8-24(9-11-25)14-18-2-3-20-21(12-18)29-16-28-20/h2-3,12,15,17H,4-11,14,16H2,1H3/b19-15-. The number of amides is 1. The van der Waals surface area contributed by atoms with Crippen LogP contribution in [0.3, 0.4) is 0 Å². The number of piperidine rings is 1. The smallest absolute Gasteiger partial charge is 0.266 e. The van der Waals surface area contributed by atoms with Crippen LogP contribution in [0.1, 0.15) is 25.3 Å². The van der Waals surface area contributed by atoms with E-state index in [4.69, 9.17) is 9.47 Å². The lowest BCUT2D eigenvalue weighted by atomic mass is 9.99. The SMILES string of the molecule is CC1CCN(C(=O)/C(C#N)=C\N2CCN(Cc3ccc4c(c3)OCO4)CC2)CC1. The Morgan fingerprint density at radius 1 is 1.14 bits per heavy atom. The maximum atomic E-state index is 12.7. The molecule has 2 fully saturated rings. The molecule has 0 atom stereocenters. The van der Waals surface area contributed by atoms with Crippen LogP contribution in [0.15, 0.2) is 30.0 Å². The van der Waals surface area contributed by atoms with Gasteiger partial charge in [0.2, 0.25) is 6.79 Å². The first-order valence-electron chi connectivity index (χ1n) is 10.4. The molecule has 0 saturated carbocycles. The maximum absolute atomic E-state index is 12.7. The average molecular weight is 396 g/mol. The summed E-state index contributed by atoms with van der Waals surface area (Å²) in [6.45, 7) is 8.25. The highest BCUT2D eigenvalue weighted by Crippen LogP contribution is 2.32. The molecule has 1 amide bonds. The van der Waals surface area contributed by atoms with Gasteiger partial charge < -0.3 is 19.3 Å². The Hall–Kier alpha value is -2.72. The number of benzene rings is 1. The Morgan fingerprint density at radius 3 is 2.59 bits per heavy atom. The lowest BCUT2D eigenvalue weighted by molar-refractivity contribution is -0.128. The molecule has 0 aliphatic carbocycles. The molecule has 3 aliphatic heterocycles. The first kappa shape index (κ1) is 19.6. The predicted molar refractivity (Wildman–Crippen MR) is 108 cm³/mol. The van der Waals surface area contributed by atoms with Gasteiger partial charge in [-0.15, -0.1) is 0 Å². The van der Waals surface area contributed by atoms with E-state index in [-0.39, 0.29) is 11.5 Å². The van der Waals surface area contributed by atoms with Gasteiger partial charge in [0.15, 0.2) is 11.5 Å². The number of carbonyl (C=O) groups excluding carboxylic acids is 1. The first-order chi connectivity index (χ1) is 14.1. The van der Waals surface area contributed by atoms with Crippen molar-refractivity contribution in [3.8, 4) is 17.6 Å². The molecule has 2 saturated heterocycles. The van der Waals surface area contributed by atoms with Crippen LogP contribution in [0.4, 0.5) is 0 Å². The number of rotatable bonds is 4. The third-order valence-corrected chi connectivity index (χ3v) is 5.98. The zero-order valence-corrected chi connectivity index (χ0v) is 17.0. The molecule has 7 heteroatoms. The van der Waals surface area contributed by atoms with Crippen LogP contribution in [-0.4, -0.2) is 66.7 Å².